The molecule has 0 bridgehead atoms. The van der Waals surface area contributed by atoms with Crippen LogP contribution in [0.15, 0.2) is 30.3 Å². The Bertz CT molecular complexity index is 425. The van der Waals surface area contributed by atoms with Gasteiger partial charge in [-0.25, -0.2) is 0 Å². The van der Waals surface area contributed by atoms with E-state index in [1.807, 2.05) is 31.2 Å². The lowest BCUT2D eigenvalue weighted by Crippen LogP contribution is -2.28. The Morgan fingerprint density at radius 1 is 1.47 bits per heavy atom. The van der Waals surface area contributed by atoms with E-state index >= 15 is 0 Å². The van der Waals surface area contributed by atoms with Crippen molar-refractivity contribution in [1.82, 2.24) is 5.12 Å². The first-order chi connectivity index (χ1) is 7.24. The molecule has 0 fully saturated rings. The van der Waals surface area contributed by atoms with Crippen molar-refractivity contribution in [2.45, 2.75) is 19.9 Å². The van der Waals surface area contributed by atoms with Gasteiger partial charge in [0.15, 0.2) is 0 Å². The number of rotatable bonds is 1. The summed E-state index contributed by atoms with van der Waals surface area (Å²) in [5, 5.41) is 0.268. The summed E-state index contributed by atoms with van der Waals surface area (Å²) < 4.78 is 13.3. The highest BCUT2D eigenvalue weighted by atomic mass is 19.2. The van der Waals surface area contributed by atoms with Gasteiger partial charge >= 0.3 is 0 Å². The summed E-state index contributed by atoms with van der Waals surface area (Å²) in [6, 6.07) is 7.43. The normalized spacial score (nSPS) is 18.1. The lowest BCUT2D eigenvalue weighted by atomic mass is 9.95. The van der Waals surface area contributed by atoms with Crippen LogP contribution in [0.25, 0.3) is 5.57 Å². The fraction of sp³-hybridized carbons (Fsp3) is 0.250. The van der Waals surface area contributed by atoms with Gasteiger partial charge in [-0.1, -0.05) is 41.7 Å². The van der Waals surface area contributed by atoms with Crippen LogP contribution in [-0.4, -0.2) is 11.0 Å². The van der Waals surface area contributed by atoms with Crippen molar-refractivity contribution in [2.24, 2.45) is 0 Å². The van der Waals surface area contributed by atoms with Crippen LogP contribution in [0.5, 0.6) is 0 Å². The van der Waals surface area contributed by atoms with E-state index in [1.165, 1.54) is 0 Å². The Kier molecular flexibility index (Phi) is 2.54. The molecule has 0 N–H and O–H groups in total. The number of halogens is 1. The van der Waals surface area contributed by atoms with Gasteiger partial charge in [-0.05, 0) is 17.5 Å². The monoisotopic (exact) mass is 205 g/mol. The highest BCUT2D eigenvalue weighted by molar-refractivity contribution is 6.20. The maximum absolute atomic E-state index is 13.3. The van der Waals surface area contributed by atoms with Gasteiger partial charge < -0.3 is 0 Å². The molecule has 1 amide bonds. The third kappa shape index (κ3) is 1.65. The molecule has 2 nitrogen and oxygen atoms in total. The molecule has 3 heteroatoms. The lowest BCUT2D eigenvalue weighted by molar-refractivity contribution is -0.141. The van der Waals surface area contributed by atoms with Crippen LogP contribution >= 0.6 is 0 Å². The largest absolute Gasteiger partial charge is 0.282 e. The molecule has 1 aliphatic heterocycles. The summed E-state index contributed by atoms with van der Waals surface area (Å²) in [6.07, 6.45) is 2.50. The Labute approximate surface area is 87.9 Å². The maximum Gasteiger partial charge on any atom is 0.282 e. The Morgan fingerprint density at radius 3 is 2.93 bits per heavy atom. The van der Waals surface area contributed by atoms with E-state index in [1.54, 1.807) is 6.08 Å². The van der Waals surface area contributed by atoms with Gasteiger partial charge in [0.25, 0.3) is 5.91 Å². The summed E-state index contributed by atoms with van der Waals surface area (Å²) in [7, 11) is 0. The molecule has 0 saturated heterocycles. The van der Waals surface area contributed by atoms with Gasteiger partial charge in [0, 0.05) is 5.57 Å². The van der Waals surface area contributed by atoms with E-state index in [0.717, 1.165) is 17.5 Å². The summed E-state index contributed by atoms with van der Waals surface area (Å²) >= 11 is 0. The predicted molar refractivity (Wildman–Crippen MR) is 56.4 cm³/mol. The fourth-order valence-corrected chi connectivity index (χ4v) is 1.79. The molecule has 0 radical (unpaired) electrons. The van der Waals surface area contributed by atoms with E-state index in [0.29, 0.717) is 5.57 Å². The van der Waals surface area contributed by atoms with Crippen molar-refractivity contribution in [2.75, 3.05) is 0 Å². The summed E-state index contributed by atoms with van der Waals surface area (Å²) in [6.45, 7) is 1.98. The first-order valence-electron chi connectivity index (χ1n) is 5.00. The van der Waals surface area contributed by atoms with Crippen LogP contribution < -0.4 is 0 Å². The molecule has 0 aliphatic carbocycles. The van der Waals surface area contributed by atoms with Crippen molar-refractivity contribution < 1.29 is 9.28 Å². The van der Waals surface area contributed by atoms with Crippen molar-refractivity contribution in [1.29, 1.82) is 0 Å². The second-order valence-electron chi connectivity index (χ2n) is 3.51. The van der Waals surface area contributed by atoms with Crippen molar-refractivity contribution in [3.63, 3.8) is 0 Å². The van der Waals surface area contributed by atoms with Crippen LogP contribution in [-0.2, 0) is 11.3 Å². The predicted octanol–water partition coefficient (Wildman–Crippen LogP) is 2.71. The average molecular weight is 205 g/mol. The van der Waals surface area contributed by atoms with Crippen molar-refractivity contribution >= 4 is 11.5 Å². The Hall–Kier alpha value is -1.64. The van der Waals surface area contributed by atoms with Crippen LogP contribution in [0.1, 0.15) is 24.5 Å². The zero-order valence-electron chi connectivity index (χ0n) is 8.53. The molecule has 0 saturated carbocycles. The lowest BCUT2D eigenvalue weighted by Gasteiger charge is -2.23. The molecule has 78 valence electrons. The maximum atomic E-state index is 13.3. The van der Waals surface area contributed by atoms with Gasteiger partial charge in [-0.2, -0.15) is 5.12 Å². The number of allylic oxidation sites excluding steroid dienone is 1. The number of hydrogen-bond acceptors (Lipinski definition) is 1. The third-order valence-electron chi connectivity index (χ3n) is 2.48. The van der Waals surface area contributed by atoms with E-state index in [-0.39, 0.29) is 11.7 Å². The van der Waals surface area contributed by atoms with E-state index in [4.69, 9.17) is 0 Å². The van der Waals surface area contributed by atoms with E-state index in [9.17, 15) is 9.28 Å². The minimum absolute atomic E-state index is 0.0516. The summed E-state index contributed by atoms with van der Waals surface area (Å²) in [5.41, 5.74) is 2.19. The number of carbonyl (C=O) groups is 1. The molecular formula is C12H12FNO. The van der Waals surface area contributed by atoms with Gasteiger partial charge in [-0.3, -0.25) is 4.79 Å². The zero-order chi connectivity index (χ0) is 10.8. The first kappa shape index (κ1) is 9.90. The SMILES string of the molecule is CC/C=C1/C(=O)N(F)Cc2ccccc21. The number of nitrogens with zero attached hydrogens (tertiary/aromatic N) is 1. The van der Waals surface area contributed by atoms with Gasteiger partial charge in [0.05, 0.1) is 6.54 Å². The number of hydrogen-bond donors (Lipinski definition) is 0. The Morgan fingerprint density at radius 2 is 2.20 bits per heavy atom. The second-order valence-corrected chi connectivity index (χ2v) is 3.51. The molecule has 1 aliphatic rings. The fourth-order valence-electron chi connectivity index (χ4n) is 1.79. The summed E-state index contributed by atoms with van der Waals surface area (Å²) in [5.74, 6) is -0.532. The molecule has 0 unspecified atom stereocenters. The molecule has 1 heterocycles. The molecule has 0 spiro atoms. The molecule has 0 atom stereocenters. The number of benzene rings is 1. The quantitative estimate of drug-likeness (QED) is 0.510. The van der Waals surface area contributed by atoms with E-state index in [2.05, 4.69) is 0 Å². The summed E-state index contributed by atoms with van der Waals surface area (Å²) in [4.78, 5) is 11.6. The first-order valence-corrected chi connectivity index (χ1v) is 5.00. The molecule has 2 rings (SSSR count). The molecule has 1 aromatic rings. The standard InChI is InChI=1S/C12H12FNO/c1-2-5-11-10-7-4-3-6-9(10)8-14(13)12(11)15/h3-7H,2,8H2,1H3/b11-5+. The van der Waals surface area contributed by atoms with Gasteiger partial charge in [-0.15, -0.1) is 0 Å². The topological polar surface area (TPSA) is 20.3 Å². The van der Waals surface area contributed by atoms with Crippen molar-refractivity contribution in [3.05, 3.63) is 41.5 Å². The minimum Gasteiger partial charge on any atom is -0.266 e. The van der Waals surface area contributed by atoms with Crippen LogP contribution in [0.4, 0.5) is 4.48 Å². The highest BCUT2D eigenvalue weighted by Gasteiger charge is 2.27. The second kappa shape index (κ2) is 3.85. The van der Waals surface area contributed by atoms with E-state index < -0.39 is 5.91 Å². The number of fused-ring (bicyclic) bond motifs is 1. The van der Waals surface area contributed by atoms with Crippen LogP contribution in [0, 0.1) is 0 Å². The minimum atomic E-state index is -0.532. The number of carbonyl (C=O) groups excluding carboxylic acids is 1. The number of amides is 1. The molecule has 0 aromatic heterocycles. The highest BCUT2D eigenvalue weighted by Crippen LogP contribution is 2.28. The molecule has 15 heavy (non-hydrogen) atoms. The average Bonchev–Trinajstić information content (AvgIpc) is 2.25. The van der Waals surface area contributed by atoms with Crippen molar-refractivity contribution in [3.8, 4) is 0 Å². The zero-order valence-corrected chi connectivity index (χ0v) is 8.53. The third-order valence-corrected chi connectivity index (χ3v) is 2.48. The Balaban J connectivity index is 2.55. The van der Waals surface area contributed by atoms with Crippen LogP contribution in [0.3, 0.4) is 0 Å². The smallest absolute Gasteiger partial charge is 0.266 e. The van der Waals surface area contributed by atoms with Gasteiger partial charge in [0.1, 0.15) is 0 Å². The van der Waals surface area contributed by atoms with Crippen LogP contribution in [0.2, 0.25) is 0 Å². The molecular weight excluding hydrogens is 193 g/mol. The molecule has 1 aromatic carbocycles. The van der Waals surface area contributed by atoms with Gasteiger partial charge in [0.2, 0.25) is 0 Å².